The number of anilines is 3. The Bertz CT molecular complexity index is 470. The van der Waals surface area contributed by atoms with Gasteiger partial charge in [0.1, 0.15) is 0 Å². The van der Waals surface area contributed by atoms with Crippen molar-refractivity contribution >= 4 is 23.0 Å². The molecule has 1 heterocycles. The largest absolute Gasteiger partial charge is 0.397 e. The fourth-order valence-electron chi connectivity index (χ4n) is 2.14. The lowest BCUT2D eigenvalue weighted by atomic mass is 10.1. The van der Waals surface area contributed by atoms with Gasteiger partial charge < -0.3 is 16.4 Å². The van der Waals surface area contributed by atoms with E-state index in [1.807, 2.05) is 12.1 Å². The number of rotatable bonds is 2. The lowest BCUT2D eigenvalue weighted by molar-refractivity contribution is -0.115. The van der Waals surface area contributed by atoms with Crippen molar-refractivity contribution in [2.45, 2.75) is 25.8 Å². The third-order valence-corrected chi connectivity index (χ3v) is 3.35. The third kappa shape index (κ3) is 1.50. The highest BCUT2D eigenvalue weighted by atomic mass is 16.1. The number of hydrogen-bond acceptors (Lipinski definition) is 3. The fourth-order valence-corrected chi connectivity index (χ4v) is 2.14. The van der Waals surface area contributed by atoms with E-state index < -0.39 is 0 Å². The van der Waals surface area contributed by atoms with E-state index in [1.165, 1.54) is 6.42 Å². The molecule has 4 N–H and O–H groups in total. The predicted molar refractivity (Wildman–Crippen MR) is 64.4 cm³/mol. The van der Waals surface area contributed by atoms with Crippen LogP contribution in [-0.2, 0) is 11.2 Å². The summed E-state index contributed by atoms with van der Waals surface area (Å²) in [5.41, 5.74) is 9.53. The van der Waals surface area contributed by atoms with E-state index in [9.17, 15) is 4.79 Å². The molecule has 4 heteroatoms. The van der Waals surface area contributed by atoms with Gasteiger partial charge in [0.15, 0.2) is 0 Å². The molecule has 2 atom stereocenters. The van der Waals surface area contributed by atoms with Crippen molar-refractivity contribution in [2.24, 2.45) is 5.92 Å². The maximum atomic E-state index is 11.2. The van der Waals surface area contributed by atoms with Gasteiger partial charge in [0, 0.05) is 11.7 Å². The Balaban J connectivity index is 1.89. The van der Waals surface area contributed by atoms with Crippen molar-refractivity contribution in [3.8, 4) is 0 Å². The molecule has 1 aromatic carbocycles. The van der Waals surface area contributed by atoms with Crippen LogP contribution in [0.1, 0.15) is 18.9 Å². The van der Waals surface area contributed by atoms with Crippen LogP contribution in [0.3, 0.4) is 0 Å². The van der Waals surface area contributed by atoms with Crippen molar-refractivity contribution in [3.63, 3.8) is 0 Å². The molecule has 0 aromatic heterocycles. The molecule has 2 aliphatic rings. The van der Waals surface area contributed by atoms with Crippen molar-refractivity contribution in [3.05, 3.63) is 17.7 Å². The second-order valence-corrected chi connectivity index (χ2v) is 4.79. The Morgan fingerprint density at radius 3 is 2.94 bits per heavy atom. The molecule has 1 saturated carbocycles. The van der Waals surface area contributed by atoms with E-state index in [0.717, 1.165) is 28.5 Å². The fraction of sp³-hybridized carbons (Fsp3) is 0.417. The highest BCUT2D eigenvalue weighted by molar-refractivity contribution is 6.00. The van der Waals surface area contributed by atoms with Crippen molar-refractivity contribution in [1.82, 2.24) is 0 Å². The van der Waals surface area contributed by atoms with Crippen molar-refractivity contribution in [2.75, 3.05) is 16.4 Å². The molecule has 2 unspecified atom stereocenters. The Kier molecular flexibility index (Phi) is 1.87. The minimum absolute atomic E-state index is 0.0475. The number of carbonyl (C=O) groups excluding carboxylic acids is 1. The van der Waals surface area contributed by atoms with Gasteiger partial charge in [0.2, 0.25) is 5.91 Å². The minimum Gasteiger partial charge on any atom is -0.397 e. The molecule has 1 amide bonds. The van der Waals surface area contributed by atoms with Gasteiger partial charge in [-0.05, 0) is 30.0 Å². The van der Waals surface area contributed by atoms with E-state index in [2.05, 4.69) is 17.6 Å². The Hall–Kier alpha value is -1.71. The summed E-state index contributed by atoms with van der Waals surface area (Å²) in [4.78, 5) is 11.2. The van der Waals surface area contributed by atoms with Crippen LogP contribution in [0.15, 0.2) is 12.1 Å². The number of benzene rings is 1. The van der Waals surface area contributed by atoms with E-state index in [0.29, 0.717) is 12.5 Å². The van der Waals surface area contributed by atoms with Gasteiger partial charge in [-0.3, -0.25) is 4.79 Å². The van der Waals surface area contributed by atoms with Gasteiger partial charge in [-0.25, -0.2) is 0 Å². The zero-order chi connectivity index (χ0) is 11.3. The monoisotopic (exact) mass is 217 g/mol. The van der Waals surface area contributed by atoms with Gasteiger partial charge in [0.05, 0.1) is 17.8 Å². The van der Waals surface area contributed by atoms with Crippen LogP contribution in [0.2, 0.25) is 0 Å². The van der Waals surface area contributed by atoms with Gasteiger partial charge in [-0.15, -0.1) is 0 Å². The summed E-state index contributed by atoms with van der Waals surface area (Å²) in [7, 11) is 0. The van der Waals surface area contributed by atoms with Crippen LogP contribution in [-0.4, -0.2) is 11.9 Å². The zero-order valence-corrected chi connectivity index (χ0v) is 9.21. The van der Waals surface area contributed by atoms with Crippen LogP contribution < -0.4 is 16.4 Å². The van der Waals surface area contributed by atoms with E-state index in [1.54, 1.807) is 0 Å². The van der Waals surface area contributed by atoms with Crippen molar-refractivity contribution in [1.29, 1.82) is 0 Å². The number of carbonyl (C=O) groups is 1. The maximum absolute atomic E-state index is 11.2. The SMILES string of the molecule is CC1CC1Nc1cc2c(cc1N)CC(=O)N2. The van der Waals surface area contributed by atoms with Crippen LogP contribution in [0.25, 0.3) is 0 Å². The first-order valence-corrected chi connectivity index (χ1v) is 5.62. The highest BCUT2D eigenvalue weighted by Gasteiger charge is 2.33. The first-order valence-electron chi connectivity index (χ1n) is 5.62. The summed E-state index contributed by atoms with van der Waals surface area (Å²) in [6.07, 6.45) is 1.64. The summed E-state index contributed by atoms with van der Waals surface area (Å²) < 4.78 is 0. The molecule has 1 aliphatic carbocycles. The minimum atomic E-state index is 0.0475. The average Bonchev–Trinajstić information content (AvgIpc) is 2.76. The number of nitrogens with two attached hydrogens (primary N) is 1. The predicted octanol–water partition coefficient (Wildman–Crippen LogP) is 1.58. The van der Waals surface area contributed by atoms with Gasteiger partial charge in [-0.1, -0.05) is 6.92 Å². The Labute approximate surface area is 94.2 Å². The first kappa shape index (κ1) is 9.51. The molecular formula is C12H15N3O. The molecule has 0 spiro atoms. The lowest BCUT2D eigenvalue weighted by Crippen LogP contribution is -2.07. The number of hydrogen-bond donors (Lipinski definition) is 3. The summed E-state index contributed by atoms with van der Waals surface area (Å²) in [5.74, 6) is 0.772. The topological polar surface area (TPSA) is 67.1 Å². The van der Waals surface area contributed by atoms with Gasteiger partial charge >= 0.3 is 0 Å². The second kappa shape index (κ2) is 3.14. The molecule has 0 radical (unpaired) electrons. The molecule has 1 aromatic rings. The number of nitrogens with one attached hydrogen (secondary N) is 2. The summed E-state index contributed by atoms with van der Waals surface area (Å²) in [6.45, 7) is 2.21. The smallest absolute Gasteiger partial charge is 0.228 e. The van der Waals surface area contributed by atoms with Crippen molar-refractivity contribution < 1.29 is 4.79 Å². The van der Waals surface area contributed by atoms with E-state index in [4.69, 9.17) is 5.73 Å². The number of fused-ring (bicyclic) bond motifs is 1. The number of nitrogen functional groups attached to an aromatic ring is 1. The lowest BCUT2D eigenvalue weighted by Gasteiger charge is -2.10. The van der Waals surface area contributed by atoms with E-state index in [-0.39, 0.29) is 5.91 Å². The van der Waals surface area contributed by atoms with Crippen LogP contribution >= 0.6 is 0 Å². The normalized spacial score (nSPS) is 26.2. The molecule has 1 aliphatic heterocycles. The Morgan fingerprint density at radius 1 is 1.50 bits per heavy atom. The van der Waals surface area contributed by atoms with Crippen LogP contribution in [0, 0.1) is 5.92 Å². The molecule has 0 bridgehead atoms. The summed E-state index contributed by atoms with van der Waals surface area (Å²) in [6, 6.07) is 4.38. The second-order valence-electron chi connectivity index (χ2n) is 4.79. The molecular weight excluding hydrogens is 202 g/mol. The molecule has 4 nitrogen and oxygen atoms in total. The highest BCUT2D eigenvalue weighted by Crippen LogP contribution is 2.37. The summed E-state index contributed by atoms with van der Waals surface area (Å²) in [5, 5.41) is 6.24. The van der Waals surface area contributed by atoms with Gasteiger partial charge in [-0.2, -0.15) is 0 Å². The molecule has 1 fully saturated rings. The molecule has 84 valence electrons. The standard InChI is InChI=1S/C12H15N3O/c1-6-2-9(6)14-11-5-10-7(3-8(11)13)4-12(16)15-10/h3,5-6,9,14H,2,4,13H2,1H3,(H,15,16). The van der Waals surface area contributed by atoms with Crippen LogP contribution in [0.5, 0.6) is 0 Å². The zero-order valence-electron chi connectivity index (χ0n) is 9.21. The Morgan fingerprint density at radius 2 is 2.25 bits per heavy atom. The molecule has 16 heavy (non-hydrogen) atoms. The van der Waals surface area contributed by atoms with Gasteiger partial charge in [0.25, 0.3) is 0 Å². The molecule has 0 saturated heterocycles. The first-order chi connectivity index (χ1) is 7.63. The maximum Gasteiger partial charge on any atom is 0.228 e. The van der Waals surface area contributed by atoms with Crippen LogP contribution in [0.4, 0.5) is 17.1 Å². The summed E-state index contributed by atoms with van der Waals surface area (Å²) >= 11 is 0. The number of amides is 1. The van der Waals surface area contributed by atoms with E-state index >= 15 is 0 Å². The average molecular weight is 217 g/mol. The molecule has 3 rings (SSSR count). The quantitative estimate of drug-likeness (QED) is 0.659. The third-order valence-electron chi connectivity index (χ3n) is 3.35.